The number of carboxylic acid groups (broad SMARTS) is 1. The van der Waals surface area contributed by atoms with Gasteiger partial charge in [0, 0.05) is 6.42 Å². The normalized spacial score (nSPS) is 12.3. The molecular weight excluding hydrogens is 274 g/mol. The Labute approximate surface area is 122 Å². The first kappa shape index (κ1) is 16.5. The second kappa shape index (κ2) is 6.74. The van der Waals surface area contributed by atoms with E-state index < -0.39 is 29.5 Å². The van der Waals surface area contributed by atoms with Gasteiger partial charge in [0.05, 0.1) is 0 Å². The quantitative estimate of drug-likeness (QED) is 0.600. The summed E-state index contributed by atoms with van der Waals surface area (Å²) in [4.78, 5) is 34.1. The standard InChI is InChI=1S/C14H19N3O4/c1-14(2,12(15)20)17-13(21)16-10(11(18)19)8-9-6-4-3-5-7-9/h3-7,10H,8H2,1-2H3,(H2,15,20)(H,18,19)(H2,16,17,21)/t10-/m1/s1. The highest BCUT2D eigenvalue weighted by Gasteiger charge is 2.29. The number of hydrogen-bond acceptors (Lipinski definition) is 3. The molecule has 1 atom stereocenters. The van der Waals surface area contributed by atoms with E-state index in [-0.39, 0.29) is 6.42 Å². The smallest absolute Gasteiger partial charge is 0.326 e. The van der Waals surface area contributed by atoms with Crippen molar-refractivity contribution in [1.29, 1.82) is 0 Å². The highest BCUT2D eigenvalue weighted by Crippen LogP contribution is 2.04. The van der Waals surface area contributed by atoms with Gasteiger partial charge in [0.25, 0.3) is 0 Å². The van der Waals surface area contributed by atoms with Crippen LogP contribution in [0.1, 0.15) is 19.4 Å². The molecule has 7 heteroatoms. The summed E-state index contributed by atoms with van der Waals surface area (Å²) in [6.07, 6.45) is 0.139. The minimum absolute atomic E-state index is 0.139. The van der Waals surface area contributed by atoms with Gasteiger partial charge in [-0.05, 0) is 19.4 Å². The van der Waals surface area contributed by atoms with Gasteiger partial charge >= 0.3 is 12.0 Å². The molecule has 7 nitrogen and oxygen atoms in total. The number of carbonyl (C=O) groups excluding carboxylic acids is 2. The summed E-state index contributed by atoms with van der Waals surface area (Å²) in [6, 6.07) is 7.05. The average molecular weight is 293 g/mol. The molecule has 0 heterocycles. The summed E-state index contributed by atoms with van der Waals surface area (Å²) >= 11 is 0. The van der Waals surface area contributed by atoms with E-state index in [1.54, 1.807) is 24.3 Å². The summed E-state index contributed by atoms with van der Waals surface area (Å²) in [5.41, 5.74) is 4.65. The highest BCUT2D eigenvalue weighted by atomic mass is 16.4. The topological polar surface area (TPSA) is 122 Å². The Morgan fingerprint density at radius 2 is 1.81 bits per heavy atom. The molecule has 1 aromatic rings. The lowest BCUT2D eigenvalue weighted by molar-refractivity contribution is -0.139. The summed E-state index contributed by atoms with van der Waals surface area (Å²) in [5.74, 6) is -1.88. The lowest BCUT2D eigenvalue weighted by Crippen LogP contribution is -2.58. The van der Waals surface area contributed by atoms with E-state index in [1.165, 1.54) is 13.8 Å². The molecule has 3 amide bonds. The van der Waals surface area contributed by atoms with Gasteiger partial charge in [-0.15, -0.1) is 0 Å². The van der Waals surface area contributed by atoms with Gasteiger partial charge in [-0.1, -0.05) is 30.3 Å². The molecular formula is C14H19N3O4. The van der Waals surface area contributed by atoms with Gasteiger partial charge in [0.2, 0.25) is 5.91 Å². The molecule has 0 saturated heterocycles. The fourth-order valence-electron chi connectivity index (χ4n) is 1.59. The van der Waals surface area contributed by atoms with E-state index in [2.05, 4.69) is 10.6 Å². The molecule has 0 unspecified atom stereocenters. The van der Waals surface area contributed by atoms with Gasteiger partial charge in [-0.2, -0.15) is 0 Å². The third-order valence-electron chi connectivity index (χ3n) is 2.93. The fraction of sp³-hybridized carbons (Fsp3) is 0.357. The van der Waals surface area contributed by atoms with Crippen LogP contribution in [-0.2, 0) is 16.0 Å². The molecule has 0 aliphatic carbocycles. The first-order valence-corrected chi connectivity index (χ1v) is 6.37. The first-order chi connectivity index (χ1) is 9.72. The highest BCUT2D eigenvalue weighted by molar-refractivity contribution is 5.90. The lowest BCUT2D eigenvalue weighted by atomic mass is 10.1. The molecule has 1 rings (SSSR count). The molecule has 0 aliphatic heterocycles. The molecule has 0 aliphatic rings. The number of nitrogens with one attached hydrogen (secondary N) is 2. The van der Waals surface area contributed by atoms with Crippen LogP contribution >= 0.6 is 0 Å². The van der Waals surface area contributed by atoms with Crippen LogP contribution in [0.15, 0.2) is 30.3 Å². The number of aliphatic carboxylic acids is 1. The summed E-state index contributed by atoms with van der Waals surface area (Å²) in [5, 5.41) is 13.8. The van der Waals surface area contributed by atoms with Gasteiger partial charge in [0.15, 0.2) is 0 Å². The largest absolute Gasteiger partial charge is 0.480 e. The first-order valence-electron chi connectivity index (χ1n) is 6.37. The molecule has 1 aromatic carbocycles. The predicted molar refractivity (Wildman–Crippen MR) is 76.5 cm³/mol. The Morgan fingerprint density at radius 3 is 2.29 bits per heavy atom. The maximum Gasteiger partial charge on any atom is 0.326 e. The van der Waals surface area contributed by atoms with Gasteiger partial charge in [-0.25, -0.2) is 9.59 Å². The van der Waals surface area contributed by atoms with E-state index in [1.807, 2.05) is 6.07 Å². The van der Waals surface area contributed by atoms with Crippen molar-refractivity contribution in [2.45, 2.75) is 31.8 Å². The number of benzene rings is 1. The maximum atomic E-state index is 11.8. The second-order valence-electron chi connectivity index (χ2n) is 5.17. The fourth-order valence-corrected chi connectivity index (χ4v) is 1.59. The van der Waals surface area contributed by atoms with Gasteiger partial charge in [0.1, 0.15) is 11.6 Å². The second-order valence-corrected chi connectivity index (χ2v) is 5.17. The minimum atomic E-state index is -1.26. The summed E-state index contributed by atoms with van der Waals surface area (Å²) in [6.45, 7) is 2.86. The van der Waals surface area contributed by atoms with E-state index in [0.717, 1.165) is 5.56 Å². The number of hydrogen-bond donors (Lipinski definition) is 4. The molecule has 0 spiro atoms. The van der Waals surface area contributed by atoms with Crippen LogP contribution in [0.4, 0.5) is 4.79 Å². The predicted octanol–water partition coefficient (Wildman–Crippen LogP) is 0.245. The molecule has 0 aromatic heterocycles. The summed E-state index contributed by atoms with van der Waals surface area (Å²) < 4.78 is 0. The van der Waals surface area contributed by atoms with E-state index >= 15 is 0 Å². The molecule has 5 N–H and O–H groups in total. The molecule has 114 valence electrons. The van der Waals surface area contributed by atoms with Crippen molar-refractivity contribution >= 4 is 17.9 Å². The Balaban J connectivity index is 2.69. The molecule has 0 bridgehead atoms. The number of carboxylic acids is 1. The third kappa shape index (κ3) is 5.13. The number of carbonyl (C=O) groups is 3. The van der Waals surface area contributed by atoms with Crippen molar-refractivity contribution in [3.8, 4) is 0 Å². The van der Waals surface area contributed by atoms with E-state index in [0.29, 0.717) is 0 Å². The van der Waals surface area contributed by atoms with Crippen LogP contribution in [0, 0.1) is 0 Å². The van der Waals surface area contributed by atoms with Crippen molar-refractivity contribution < 1.29 is 19.5 Å². The van der Waals surface area contributed by atoms with Crippen molar-refractivity contribution in [3.63, 3.8) is 0 Å². The van der Waals surface area contributed by atoms with Crippen LogP contribution in [0.25, 0.3) is 0 Å². The van der Waals surface area contributed by atoms with Gasteiger partial charge < -0.3 is 21.5 Å². The number of urea groups is 1. The number of nitrogens with two attached hydrogens (primary N) is 1. The van der Waals surface area contributed by atoms with Gasteiger partial charge in [-0.3, -0.25) is 4.79 Å². The Kier molecular flexibility index (Phi) is 5.29. The van der Waals surface area contributed by atoms with Crippen LogP contribution in [0.2, 0.25) is 0 Å². The van der Waals surface area contributed by atoms with Crippen molar-refractivity contribution in [2.24, 2.45) is 5.73 Å². The Morgan fingerprint density at radius 1 is 1.24 bits per heavy atom. The number of rotatable bonds is 6. The molecule has 0 fully saturated rings. The SMILES string of the molecule is CC(C)(NC(=O)N[C@H](Cc1ccccc1)C(=O)O)C(N)=O. The van der Waals surface area contributed by atoms with E-state index in [4.69, 9.17) is 10.8 Å². The van der Waals surface area contributed by atoms with Crippen LogP contribution in [-0.4, -0.2) is 34.6 Å². The van der Waals surface area contributed by atoms with Crippen molar-refractivity contribution in [3.05, 3.63) is 35.9 Å². The summed E-state index contributed by atoms with van der Waals surface area (Å²) in [7, 11) is 0. The lowest BCUT2D eigenvalue weighted by Gasteiger charge is -2.24. The van der Waals surface area contributed by atoms with Crippen LogP contribution in [0.5, 0.6) is 0 Å². The monoisotopic (exact) mass is 293 g/mol. The molecule has 0 radical (unpaired) electrons. The minimum Gasteiger partial charge on any atom is -0.480 e. The third-order valence-corrected chi connectivity index (χ3v) is 2.93. The van der Waals surface area contributed by atoms with Crippen molar-refractivity contribution in [1.82, 2.24) is 10.6 Å². The van der Waals surface area contributed by atoms with E-state index in [9.17, 15) is 14.4 Å². The van der Waals surface area contributed by atoms with Crippen LogP contribution in [0.3, 0.4) is 0 Å². The number of primary amides is 1. The van der Waals surface area contributed by atoms with Crippen LogP contribution < -0.4 is 16.4 Å². The zero-order valence-electron chi connectivity index (χ0n) is 11.9. The molecule has 0 saturated carbocycles. The zero-order valence-corrected chi connectivity index (χ0v) is 11.9. The number of amides is 3. The average Bonchev–Trinajstić information content (AvgIpc) is 2.38. The Bertz CT molecular complexity index is 528. The molecule has 21 heavy (non-hydrogen) atoms. The maximum absolute atomic E-state index is 11.8. The van der Waals surface area contributed by atoms with Crippen molar-refractivity contribution in [2.75, 3.05) is 0 Å². The Hall–Kier alpha value is -2.57. The zero-order chi connectivity index (χ0) is 16.0.